The number of rotatable bonds is 4. The third-order valence-electron chi connectivity index (χ3n) is 18.9. The van der Waals surface area contributed by atoms with Gasteiger partial charge >= 0.3 is 0 Å². The summed E-state index contributed by atoms with van der Waals surface area (Å²) in [6, 6.07) is 96.6. The Morgan fingerprint density at radius 3 is 0.738 bits per heavy atom. The molecule has 0 aliphatic heterocycles. The molecule has 80 heavy (non-hydrogen) atoms. The molecule has 0 nitrogen and oxygen atoms in total. The summed E-state index contributed by atoms with van der Waals surface area (Å²) in [4.78, 5) is 0. The van der Waals surface area contributed by atoms with Crippen LogP contribution in [-0.4, -0.2) is 0 Å². The zero-order valence-corrected chi connectivity index (χ0v) is 45.2. The van der Waals surface area contributed by atoms with Crippen molar-refractivity contribution in [3.8, 4) is 66.8 Å². The Kier molecular flexibility index (Phi) is 9.34. The lowest BCUT2D eigenvalue weighted by Crippen LogP contribution is -2.24. The molecule has 2 aliphatic carbocycles. The molecule has 15 aromatic carbocycles. The number of hydrogen-bond acceptors (Lipinski definition) is 0. The second-order valence-electron chi connectivity index (χ2n) is 23.7. The summed E-state index contributed by atoms with van der Waals surface area (Å²) in [5.41, 5.74) is 20.8. The van der Waals surface area contributed by atoms with Gasteiger partial charge in [0.05, 0.1) is 0 Å². The van der Waals surface area contributed by atoms with Crippen LogP contribution in [0.5, 0.6) is 0 Å². The van der Waals surface area contributed by atoms with Gasteiger partial charge in [-0.25, -0.2) is 0 Å². The monoisotopic (exact) mass is 1010 g/mol. The highest BCUT2D eigenvalue weighted by Crippen LogP contribution is 2.63. The van der Waals surface area contributed by atoms with Crippen molar-refractivity contribution in [2.24, 2.45) is 0 Å². The quantitative estimate of drug-likeness (QED) is 0.154. The standard InChI is InChI=1S/C80H54/c1-79(2)69-45-67(73-61-37-17-13-33-57(61)71(58-34-14-18-38-62(58)73)53-41-21-25-47-23-5-7-27-49(47)53)51-29-9-11-31-55(51)75(69)65-43-44-66-76-56-32-12-10-30-52(56)68(46-70(76)80(3,4)78(66)77(65)79)74-63-39-19-15-35-59(63)72(60-36-16-20-40-64(60)74)54-42-22-26-48-24-6-8-28-50(48)54/h5-46H,1-4H3. The normalized spacial score (nSPS) is 13.9. The zero-order valence-electron chi connectivity index (χ0n) is 45.2. The van der Waals surface area contributed by atoms with Crippen molar-refractivity contribution in [3.05, 3.63) is 277 Å². The van der Waals surface area contributed by atoms with Gasteiger partial charge in [-0.3, -0.25) is 0 Å². The van der Waals surface area contributed by atoms with Crippen LogP contribution in [0.15, 0.2) is 255 Å². The number of hydrogen-bond donors (Lipinski definition) is 0. The largest absolute Gasteiger partial charge is 0.0616 e. The third-order valence-corrected chi connectivity index (χ3v) is 18.9. The van der Waals surface area contributed by atoms with Crippen molar-refractivity contribution in [2.75, 3.05) is 0 Å². The van der Waals surface area contributed by atoms with Gasteiger partial charge in [-0.2, -0.15) is 0 Å². The van der Waals surface area contributed by atoms with E-state index in [1.54, 1.807) is 0 Å². The second-order valence-corrected chi connectivity index (χ2v) is 23.7. The van der Waals surface area contributed by atoms with Gasteiger partial charge in [-0.15, -0.1) is 0 Å². The fourth-order valence-corrected chi connectivity index (χ4v) is 15.6. The van der Waals surface area contributed by atoms with E-state index < -0.39 is 0 Å². The van der Waals surface area contributed by atoms with Gasteiger partial charge in [0.25, 0.3) is 0 Å². The lowest BCUT2D eigenvalue weighted by atomic mass is 9.72. The van der Waals surface area contributed by atoms with Crippen LogP contribution in [0.25, 0.3) is 153 Å². The smallest absolute Gasteiger partial charge is 0.0162 e. The van der Waals surface area contributed by atoms with Crippen LogP contribution in [0, 0.1) is 0 Å². The van der Waals surface area contributed by atoms with Crippen molar-refractivity contribution >= 4 is 86.2 Å². The minimum atomic E-state index is -0.328. The van der Waals surface area contributed by atoms with E-state index in [0.29, 0.717) is 0 Å². The van der Waals surface area contributed by atoms with Gasteiger partial charge in [-0.05, 0) is 187 Å². The molecule has 0 saturated carbocycles. The predicted molar refractivity (Wildman–Crippen MR) is 343 cm³/mol. The highest BCUT2D eigenvalue weighted by Gasteiger charge is 2.47. The van der Waals surface area contributed by atoms with E-state index >= 15 is 0 Å². The van der Waals surface area contributed by atoms with E-state index in [2.05, 4.69) is 282 Å². The summed E-state index contributed by atoms with van der Waals surface area (Å²) in [6.07, 6.45) is 0. The lowest BCUT2D eigenvalue weighted by Gasteiger charge is -2.31. The molecule has 0 N–H and O–H groups in total. The minimum absolute atomic E-state index is 0.328. The Balaban J connectivity index is 0.894. The van der Waals surface area contributed by atoms with Crippen molar-refractivity contribution in [2.45, 2.75) is 38.5 Å². The van der Waals surface area contributed by atoms with Gasteiger partial charge < -0.3 is 0 Å². The molecule has 0 radical (unpaired) electrons. The van der Waals surface area contributed by atoms with Crippen LogP contribution in [0.2, 0.25) is 0 Å². The summed E-state index contributed by atoms with van der Waals surface area (Å²) >= 11 is 0. The Hall–Kier alpha value is -9.62. The van der Waals surface area contributed by atoms with Crippen LogP contribution in [0.3, 0.4) is 0 Å². The van der Waals surface area contributed by atoms with E-state index in [1.807, 2.05) is 0 Å². The first-order valence-corrected chi connectivity index (χ1v) is 28.4. The Morgan fingerprint density at radius 1 is 0.188 bits per heavy atom. The first-order valence-electron chi connectivity index (χ1n) is 28.4. The van der Waals surface area contributed by atoms with Gasteiger partial charge in [-0.1, -0.05) is 270 Å². The highest BCUT2D eigenvalue weighted by molar-refractivity contribution is 6.28. The van der Waals surface area contributed by atoms with E-state index in [4.69, 9.17) is 0 Å². The highest BCUT2D eigenvalue weighted by atomic mass is 14.5. The molecule has 0 heteroatoms. The molecule has 0 aromatic heterocycles. The summed E-state index contributed by atoms with van der Waals surface area (Å²) in [5.74, 6) is 0. The molecule has 0 unspecified atom stereocenters. The molecule has 15 aromatic rings. The number of fused-ring (bicyclic) bond motifs is 17. The average Bonchev–Trinajstić information content (AvgIpc) is 2.78. The SMILES string of the molecule is CC1(C)c2cc(-c3c4ccccc4c(-c4cccc5ccccc45)c4ccccc34)c3ccccc3c2-c2ccc3c(c21)C(C)(C)c1cc(-c2c4ccccc4c(-c4cccc5ccccc45)c4ccccc24)c2ccccc2c1-3. The molecular weight excluding hydrogens is 961 g/mol. The molecule has 2 aliphatic rings. The van der Waals surface area contributed by atoms with Crippen molar-refractivity contribution in [1.29, 1.82) is 0 Å². The average molecular weight is 1020 g/mol. The van der Waals surface area contributed by atoms with E-state index in [1.165, 1.54) is 175 Å². The molecule has 0 fully saturated rings. The van der Waals surface area contributed by atoms with Gasteiger partial charge in [0.1, 0.15) is 0 Å². The molecular formula is C80H54. The summed E-state index contributed by atoms with van der Waals surface area (Å²) in [5, 5.41) is 20.4. The van der Waals surface area contributed by atoms with Crippen molar-refractivity contribution < 1.29 is 0 Å². The van der Waals surface area contributed by atoms with Crippen LogP contribution in [-0.2, 0) is 10.8 Å². The van der Waals surface area contributed by atoms with E-state index in [9.17, 15) is 0 Å². The van der Waals surface area contributed by atoms with Gasteiger partial charge in [0.2, 0.25) is 0 Å². The fraction of sp³-hybridized carbons (Fsp3) is 0.0750. The molecule has 0 amide bonds. The molecule has 374 valence electrons. The molecule has 0 saturated heterocycles. The Labute approximate surface area is 465 Å². The predicted octanol–water partition coefficient (Wildman–Crippen LogP) is 22.2. The maximum Gasteiger partial charge on any atom is 0.0162 e. The molecule has 0 atom stereocenters. The van der Waals surface area contributed by atoms with Gasteiger partial charge in [0.15, 0.2) is 0 Å². The van der Waals surface area contributed by atoms with Crippen molar-refractivity contribution in [1.82, 2.24) is 0 Å². The fourth-order valence-electron chi connectivity index (χ4n) is 15.6. The van der Waals surface area contributed by atoms with Gasteiger partial charge in [0, 0.05) is 10.8 Å². The molecule has 17 rings (SSSR count). The minimum Gasteiger partial charge on any atom is -0.0616 e. The summed E-state index contributed by atoms with van der Waals surface area (Å²) in [6.45, 7) is 10.0. The van der Waals surface area contributed by atoms with Crippen LogP contribution in [0.4, 0.5) is 0 Å². The van der Waals surface area contributed by atoms with Crippen molar-refractivity contribution in [3.63, 3.8) is 0 Å². The third kappa shape index (κ3) is 6.00. The van der Waals surface area contributed by atoms with Crippen LogP contribution in [0.1, 0.15) is 49.9 Å². The maximum atomic E-state index is 2.61. The van der Waals surface area contributed by atoms with Crippen LogP contribution < -0.4 is 0 Å². The Bertz CT molecular complexity index is 4780. The number of benzene rings is 15. The lowest BCUT2D eigenvalue weighted by molar-refractivity contribution is 0.601. The zero-order chi connectivity index (χ0) is 53.2. The molecule has 0 spiro atoms. The first kappa shape index (κ1) is 45.4. The molecule has 0 heterocycles. The van der Waals surface area contributed by atoms with E-state index in [-0.39, 0.29) is 10.8 Å². The summed E-state index contributed by atoms with van der Waals surface area (Å²) < 4.78 is 0. The van der Waals surface area contributed by atoms with E-state index in [0.717, 1.165) is 0 Å². The Morgan fingerprint density at radius 2 is 0.425 bits per heavy atom. The van der Waals surface area contributed by atoms with Crippen LogP contribution >= 0.6 is 0 Å². The first-order chi connectivity index (χ1) is 39.3. The second kappa shape index (κ2) is 16.5. The molecule has 0 bridgehead atoms. The topological polar surface area (TPSA) is 0 Å². The summed E-state index contributed by atoms with van der Waals surface area (Å²) in [7, 11) is 0. The maximum absolute atomic E-state index is 2.61.